The number of likely N-dealkylation sites (tertiary alicyclic amines) is 1. The number of rotatable bonds is 5. The molecular weight excluding hydrogens is 440 g/mol. The number of carboxylic acid groups (broad SMARTS) is 1. The second kappa shape index (κ2) is 9.36. The number of piperidine rings is 1. The summed E-state index contributed by atoms with van der Waals surface area (Å²) in [5.41, 5.74) is 1.95. The van der Waals surface area contributed by atoms with Crippen LogP contribution in [-0.2, 0) is 0 Å². The van der Waals surface area contributed by atoms with Gasteiger partial charge in [0.15, 0.2) is 0 Å². The van der Waals surface area contributed by atoms with Gasteiger partial charge in [-0.15, -0.1) is 0 Å². The summed E-state index contributed by atoms with van der Waals surface area (Å²) < 4.78 is 6.37. The molecule has 2 N–H and O–H groups in total. The van der Waals surface area contributed by atoms with Crippen LogP contribution >= 0.6 is 0 Å². The van der Waals surface area contributed by atoms with Crippen LogP contribution in [0.5, 0.6) is 5.88 Å². The summed E-state index contributed by atoms with van der Waals surface area (Å²) in [5.74, 6) is 1.82. The van der Waals surface area contributed by atoms with Gasteiger partial charge < -0.3 is 20.1 Å². The molecule has 2 fully saturated rings. The number of amides is 1. The number of para-hydroxylation sites is 1. The van der Waals surface area contributed by atoms with E-state index in [1.165, 1.54) is 0 Å². The molecule has 184 valence electrons. The van der Waals surface area contributed by atoms with Gasteiger partial charge in [-0.3, -0.25) is 0 Å². The quantitative estimate of drug-likeness (QED) is 0.477. The van der Waals surface area contributed by atoms with Crippen molar-refractivity contribution in [2.75, 3.05) is 11.9 Å². The van der Waals surface area contributed by atoms with Crippen LogP contribution in [0.1, 0.15) is 57.9 Å². The highest BCUT2D eigenvalue weighted by molar-refractivity contribution is 5.80. The molecule has 0 bridgehead atoms. The standard InChI is InChI=1S/C28H34N4O3/c1-28(2,3)24-15-19(12-14-32(24)27(33)34)22-8-6-13-29-26(22)35-21-16-20(17-21)30-25-11-10-18-7-4-5-9-23(18)31-25/h4-11,13,19-21,24H,12,14-17H2,1-3H3,(H,30,31)(H,33,34). The van der Waals surface area contributed by atoms with Crippen LogP contribution in [0.25, 0.3) is 10.9 Å². The second-order valence-corrected chi connectivity index (χ2v) is 10.9. The van der Waals surface area contributed by atoms with E-state index in [-0.39, 0.29) is 23.5 Å². The molecule has 5 rings (SSSR count). The third kappa shape index (κ3) is 5.04. The van der Waals surface area contributed by atoms with E-state index in [1.54, 1.807) is 11.1 Å². The Morgan fingerprint density at radius 1 is 1.09 bits per heavy atom. The van der Waals surface area contributed by atoms with E-state index >= 15 is 0 Å². The lowest BCUT2D eigenvalue weighted by Gasteiger charge is -2.45. The van der Waals surface area contributed by atoms with Crippen LogP contribution in [0.2, 0.25) is 0 Å². The number of hydrogen-bond donors (Lipinski definition) is 2. The molecule has 2 aliphatic rings. The molecular formula is C28H34N4O3. The summed E-state index contributed by atoms with van der Waals surface area (Å²) in [6.45, 7) is 6.87. The number of pyridine rings is 2. The third-order valence-corrected chi connectivity index (χ3v) is 7.41. The zero-order valence-electron chi connectivity index (χ0n) is 20.6. The van der Waals surface area contributed by atoms with E-state index in [4.69, 9.17) is 9.72 Å². The van der Waals surface area contributed by atoms with Gasteiger partial charge in [-0.1, -0.05) is 45.0 Å². The van der Waals surface area contributed by atoms with Crippen LogP contribution in [0.3, 0.4) is 0 Å². The Morgan fingerprint density at radius 2 is 1.89 bits per heavy atom. The van der Waals surface area contributed by atoms with Gasteiger partial charge in [0, 0.05) is 48.6 Å². The molecule has 1 aliphatic carbocycles. The highest BCUT2D eigenvalue weighted by atomic mass is 16.5. The monoisotopic (exact) mass is 474 g/mol. The van der Waals surface area contributed by atoms with Crippen molar-refractivity contribution in [3.8, 4) is 5.88 Å². The van der Waals surface area contributed by atoms with Gasteiger partial charge in [0.25, 0.3) is 0 Å². The molecule has 1 aliphatic heterocycles. The Hall–Kier alpha value is -3.35. The molecule has 2 unspecified atom stereocenters. The fraction of sp³-hybridized carbons (Fsp3) is 0.464. The predicted octanol–water partition coefficient (Wildman–Crippen LogP) is 5.92. The summed E-state index contributed by atoms with van der Waals surface area (Å²) in [7, 11) is 0. The first kappa shape index (κ1) is 23.4. The third-order valence-electron chi connectivity index (χ3n) is 7.41. The number of ether oxygens (including phenoxy) is 1. The highest BCUT2D eigenvalue weighted by Gasteiger charge is 2.40. The average Bonchev–Trinajstić information content (AvgIpc) is 2.82. The van der Waals surface area contributed by atoms with Crippen LogP contribution in [0.4, 0.5) is 10.6 Å². The molecule has 7 nitrogen and oxygen atoms in total. The van der Waals surface area contributed by atoms with Crippen molar-refractivity contribution in [2.45, 2.75) is 70.6 Å². The Kier molecular flexibility index (Phi) is 6.26. The predicted molar refractivity (Wildman–Crippen MR) is 137 cm³/mol. The molecule has 2 aromatic heterocycles. The fourth-order valence-corrected chi connectivity index (χ4v) is 5.40. The largest absolute Gasteiger partial charge is 0.474 e. The SMILES string of the molecule is CC(C)(C)C1CC(c2cccnc2OC2CC(Nc3ccc4ccccc4n3)C2)CCN1C(=O)O. The molecule has 35 heavy (non-hydrogen) atoms. The first-order valence-corrected chi connectivity index (χ1v) is 12.5. The maximum atomic E-state index is 11.8. The van der Waals surface area contributed by atoms with Crippen LogP contribution in [0, 0.1) is 5.41 Å². The first-order chi connectivity index (χ1) is 16.8. The van der Waals surface area contributed by atoms with Crippen LogP contribution in [0.15, 0.2) is 54.7 Å². The first-order valence-electron chi connectivity index (χ1n) is 12.5. The molecule has 3 heterocycles. The molecule has 1 saturated carbocycles. The van der Waals surface area contributed by atoms with E-state index in [2.05, 4.69) is 49.3 Å². The summed E-state index contributed by atoms with van der Waals surface area (Å²) in [4.78, 5) is 22.7. The average molecular weight is 475 g/mol. The summed E-state index contributed by atoms with van der Waals surface area (Å²) in [6.07, 6.45) is 4.40. The maximum absolute atomic E-state index is 11.8. The van der Waals surface area contributed by atoms with Crippen molar-refractivity contribution in [3.63, 3.8) is 0 Å². The van der Waals surface area contributed by atoms with E-state index < -0.39 is 6.09 Å². The van der Waals surface area contributed by atoms with Crippen LogP contribution < -0.4 is 10.1 Å². The van der Waals surface area contributed by atoms with Crippen molar-refractivity contribution in [1.29, 1.82) is 0 Å². The Bertz CT molecular complexity index is 1200. The van der Waals surface area contributed by atoms with E-state index in [9.17, 15) is 9.90 Å². The number of benzene rings is 1. The number of carbonyl (C=O) groups is 1. The molecule has 3 aromatic rings. The van der Waals surface area contributed by atoms with Gasteiger partial charge in [0.05, 0.1) is 5.52 Å². The number of fused-ring (bicyclic) bond motifs is 1. The maximum Gasteiger partial charge on any atom is 0.407 e. The van der Waals surface area contributed by atoms with Crippen molar-refractivity contribution in [1.82, 2.24) is 14.9 Å². The topological polar surface area (TPSA) is 87.6 Å². The zero-order valence-corrected chi connectivity index (χ0v) is 20.6. The Labute approximate surface area is 206 Å². The van der Waals surface area contributed by atoms with Crippen molar-refractivity contribution in [2.24, 2.45) is 5.41 Å². The number of nitrogens with one attached hydrogen (secondary N) is 1. The highest BCUT2D eigenvalue weighted by Crippen LogP contribution is 2.42. The number of nitrogens with zero attached hydrogens (tertiary/aromatic N) is 3. The number of hydrogen-bond acceptors (Lipinski definition) is 5. The molecule has 1 amide bonds. The minimum atomic E-state index is -0.833. The van der Waals surface area contributed by atoms with E-state index in [0.29, 0.717) is 18.5 Å². The smallest absolute Gasteiger partial charge is 0.407 e. The summed E-state index contributed by atoms with van der Waals surface area (Å²) in [6, 6.07) is 16.6. The van der Waals surface area contributed by atoms with Gasteiger partial charge in [0.2, 0.25) is 5.88 Å². The van der Waals surface area contributed by atoms with Gasteiger partial charge in [0.1, 0.15) is 11.9 Å². The molecule has 2 atom stereocenters. The zero-order chi connectivity index (χ0) is 24.6. The van der Waals surface area contributed by atoms with Gasteiger partial charge >= 0.3 is 6.09 Å². The molecule has 1 aromatic carbocycles. The van der Waals surface area contributed by atoms with E-state index in [1.807, 2.05) is 30.3 Å². The normalized spacial score (nSPS) is 24.6. The fourth-order valence-electron chi connectivity index (χ4n) is 5.40. The van der Waals surface area contributed by atoms with Crippen molar-refractivity contribution < 1.29 is 14.6 Å². The molecule has 1 saturated heterocycles. The Balaban J connectivity index is 1.22. The van der Waals surface area contributed by atoms with Crippen molar-refractivity contribution in [3.05, 3.63) is 60.3 Å². The van der Waals surface area contributed by atoms with Crippen LogP contribution in [-0.4, -0.2) is 50.8 Å². The Morgan fingerprint density at radius 3 is 2.66 bits per heavy atom. The minimum Gasteiger partial charge on any atom is -0.474 e. The molecule has 0 spiro atoms. The molecule has 7 heteroatoms. The van der Waals surface area contributed by atoms with Crippen molar-refractivity contribution >= 4 is 22.8 Å². The number of aromatic nitrogens is 2. The number of anilines is 1. The lowest BCUT2D eigenvalue weighted by atomic mass is 9.75. The van der Waals surface area contributed by atoms with Gasteiger partial charge in [-0.25, -0.2) is 14.8 Å². The lowest BCUT2D eigenvalue weighted by molar-refractivity contribution is 0.0511. The second-order valence-electron chi connectivity index (χ2n) is 10.9. The van der Waals surface area contributed by atoms with Gasteiger partial charge in [-0.2, -0.15) is 0 Å². The summed E-state index contributed by atoms with van der Waals surface area (Å²) in [5, 5.41) is 14.4. The summed E-state index contributed by atoms with van der Waals surface area (Å²) >= 11 is 0. The minimum absolute atomic E-state index is 0.0430. The van der Waals surface area contributed by atoms with E-state index in [0.717, 1.165) is 48.0 Å². The van der Waals surface area contributed by atoms with Gasteiger partial charge in [-0.05, 0) is 48.4 Å². The lowest BCUT2D eigenvalue weighted by Crippen LogP contribution is -2.51. The molecule has 0 radical (unpaired) electrons.